The smallest absolute Gasteiger partial charge is 0.407 e. The quantitative estimate of drug-likeness (QED) is 0.483. The Balaban J connectivity index is 2.23. The topological polar surface area (TPSA) is 102 Å². The highest BCUT2D eigenvalue weighted by atomic mass is 32.2. The third-order valence-corrected chi connectivity index (χ3v) is 6.55. The lowest BCUT2D eigenvalue weighted by Crippen LogP contribution is -2.36. The maximum atomic E-state index is 15.7. The van der Waals surface area contributed by atoms with Crippen LogP contribution in [0.25, 0.3) is 11.3 Å². The Morgan fingerprint density at radius 1 is 1.21 bits per heavy atom. The van der Waals surface area contributed by atoms with Crippen LogP contribution in [0.15, 0.2) is 53.7 Å². The summed E-state index contributed by atoms with van der Waals surface area (Å²) in [6, 6.07) is 8.08. The largest absolute Gasteiger partial charge is 0.497 e. The van der Waals surface area contributed by atoms with Gasteiger partial charge in [0.2, 0.25) is 5.95 Å². The van der Waals surface area contributed by atoms with E-state index in [4.69, 9.17) is 4.74 Å². The molecule has 0 aliphatic carbocycles. The van der Waals surface area contributed by atoms with Crippen LogP contribution in [0.5, 0.6) is 5.75 Å². The van der Waals surface area contributed by atoms with Crippen molar-refractivity contribution in [3.05, 3.63) is 66.1 Å². The zero-order chi connectivity index (χ0) is 25.3. The van der Waals surface area contributed by atoms with E-state index < -0.39 is 45.5 Å². The van der Waals surface area contributed by atoms with Crippen molar-refractivity contribution in [1.29, 1.82) is 0 Å². The fourth-order valence-electron chi connectivity index (χ4n) is 3.46. The first-order valence-corrected chi connectivity index (χ1v) is 11.7. The minimum Gasteiger partial charge on any atom is -0.497 e. The van der Waals surface area contributed by atoms with E-state index in [9.17, 15) is 22.7 Å². The molecule has 1 amide bonds. The van der Waals surface area contributed by atoms with E-state index in [2.05, 4.69) is 4.98 Å². The molecule has 8 nitrogen and oxygen atoms in total. The molecule has 0 bridgehead atoms. The lowest BCUT2D eigenvalue weighted by molar-refractivity contribution is 0.122. The molecular weight excluding hydrogens is 468 g/mol. The minimum absolute atomic E-state index is 0.0617. The van der Waals surface area contributed by atoms with Gasteiger partial charge in [-0.05, 0) is 29.7 Å². The van der Waals surface area contributed by atoms with E-state index in [0.717, 1.165) is 17.3 Å². The van der Waals surface area contributed by atoms with Gasteiger partial charge in [0.15, 0.2) is 5.82 Å². The highest BCUT2D eigenvalue weighted by Crippen LogP contribution is 2.33. The van der Waals surface area contributed by atoms with E-state index in [-0.39, 0.29) is 28.3 Å². The third kappa shape index (κ3) is 5.19. The van der Waals surface area contributed by atoms with Gasteiger partial charge in [-0.25, -0.2) is 26.6 Å². The molecule has 3 aromatic rings. The highest BCUT2D eigenvalue weighted by molar-refractivity contribution is 7.90. The highest BCUT2D eigenvalue weighted by Gasteiger charge is 2.30. The number of halogens is 2. The van der Waals surface area contributed by atoms with Crippen molar-refractivity contribution >= 4 is 16.1 Å². The third-order valence-electron chi connectivity index (χ3n) is 4.89. The van der Waals surface area contributed by atoms with Crippen LogP contribution >= 0.6 is 0 Å². The second-order valence-corrected chi connectivity index (χ2v) is 10.7. The molecule has 0 unspecified atom stereocenters. The van der Waals surface area contributed by atoms with Gasteiger partial charge >= 0.3 is 6.09 Å². The van der Waals surface area contributed by atoms with Gasteiger partial charge < -0.3 is 14.7 Å². The predicted molar refractivity (Wildman–Crippen MR) is 121 cm³/mol. The monoisotopic (exact) mass is 493 g/mol. The molecule has 0 spiro atoms. The van der Waals surface area contributed by atoms with Crippen molar-refractivity contribution in [3.63, 3.8) is 0 Å². The van der Waals surface area contributed by atoms with E-state index >= 15 is 4.39 Å². The van der Waals surface area contributed by atoms with Crippen molar-refractivity contribution in [2.24, 2.45) is 5.41 Å². The molecule has 1 aromatic carbocycles. The lowest BCUT2D eigenvalue weighted by Gasteiger charge is -2.27. The molecule has 1 N–H and O–H groups in total. The first-order valence-electron chi connectivity index (χ1n) is 10.2. The van der Waals surface area contributed by atoms with Gasteiger partial charge in [0, 0.05) is 30.6 Å². The molecule has 0 fully saturated rings. The molecule has 0 saturated heterocycles. The molecule has 0 atom stereocenters. The number of benzene rings is 1. The van der Waals surface area contributed by atoms with Crippen LogP contribution in [-0.2, 0) is 16.6 Å². The van der Waals surface area contributed by atoms with Gasteiger partial charge in [0.25, 0.3) is 10.0 Å². The summed E-state index contributed by atoms with van der Waals surface area (Å²) in [5, 5.41) is 9.62. The summed E-state index contributed by atoms with van der Waals surface area (Å²) >= 11 is 0. The Hall–Kier alpha value is -3.47. The predicted octanol–water partition coefficient (Wildman–Crippen LogP) is 4.60. The second-order valence-electron chi connectivity index (χ2n) is 8.84. The fourth-order valence-corrected chi connectivity index (χ4v) is 4.88. The number of hydrogen-bond donors (Lipinski definition) is 1. The zero-order valence-electron chi connectivity index (χ0n) is 19.1. The summed E-state index contributed by atoms with van der Waals surface area (Å²) in [6.07, 6.45) is 0.827. The Bertz CT molecular complexity index is 1320. The summed E-state index contributed by atoms with van der Waals surface area (Å²) in [6.45, 7) is 5.07. The maximum absolute atomic E-state index is 15.7. The SMILES string of the molecule is COc1cccc(S(=O)(=O)n2cc(CN(CC(C)(C)C)C(=O)O)c(F)c2-c2cccnc2F)c1. The average molecular weight is 494 g/mol. The number of pyridine rings is 1. The van der Waals surface area contributed by atoms with Crippen LogP contribution in [0.1, 0.15) is 26.3 Å². The van der Waals surface area contributed by atoms with Gasteiger partial charge in [-0.15, -0.1) is 0 Å². The number of carboxylic acid groups (broad SMARTS) is 1. The van der Waals surface area contributed by atoms with Crippen molar-refractivity contribution in [2.45, 2.75) is 32.2 Å². The molecule has 182 valence electrons. The molecule has 0 radical (unpaired) electrons. The number of hydrogen-bond acceptors (Lipinski definition) is 5. The summed E-state index contributed by atoms with van der Waals surface area (Å²) < 4.78 is 62.9. The van der Waals surface area contributed by atoms with Crippen LogP contribution < -0.4 is 4.74 Å². The standard InChI is InChI=1S/C23H25F2N3O5S/c1-23(2,3)14-27(22(29)30)12-15-13-28(20(19(15)24)18-9-6-10-26-21(18)25)34(31,32)17-8-5-7-16(11-17)33-4/h5-11,13H,12,14H2,1-4H3,(H,29,30). The number of methoxy groups -OCH3 is 1. The second kappa shape index (κ2) is 9.41. The molecule has 11 heteroatoms. The minimum atomic E-state index is -4.42. The maximum Gasteiger partial charge on any atom is 0.407 e. The molecule has 0 aliphatic heterocycles. The fraction of sp³-hybridized carbons (Fsp3) is 0.304. The lowest BCUT2D eigenvalue weighted by atomic mass is 9.96. The van der Waals surface area contributed by atoms with Crippen LogP contribution in [0.4, 0.5) is 13.6 Å². The molecular formula is C23H25F2N3O5S. The number of aromatic nitrogens is 2. The van der Waals surface area contributed by atoms with Gasteiger partial charge in [0.05, 0.1) is 24.1 Å². The zero-order valence-corrected chi connectivity index (χ0v) is 19.9. The summed E-state index contributed by atoms with van der Waals surface area (Å²) in [4.78, 5) is 16.1. The van der Waals surface area contributed by atoms with Crippen molar-refractivity contribution in [3.8, 4) is 17.0 Å². The van der Waals surface area contributed by atoms with Crippen molar-refractivity contribution in [1.82, 2.24) is 13.9 Å². The normalized spacial score (nSPS) is 11.9. The van der Waals surface area contributed by atoms with E-state index in [1.165, 1.54) is 37.4 Å². The Morgan fingerprint density at radius 3 is 2.50 bits per heavy atom. The van der Waals surface area contributed by atoms with Crippen molar-refractivity contribution < 1.29 is 31.8 Å². The first kappa shape index (κ1) is 25.2. The molecule has 2 aromatic heterocycles. The van der Waals surface area contributed by atoms with Crippen molar-refractivity contribution in [2.75, 3.05) is 13.7 Å². The van der Waals surface area contributed by atoms with Crippen LogP contribution in [0.2, 0.25) is 0 Å². The van der Waals surface area contributed by atoms with Gasteiger partial charge in [-0.3, -0.25) is 0 Å². The molecule has 0 aliphatic rings. The molecule has 0 saturated carbocycles. The number of amides is 1. The summed E-state index contributed by atoms with van der Waals surface area (Å²) in [5.41, 5.74) is -1.63. The van der Waals surface area contributed by atoms with Gasteiger partial charge in [-0.2, -0.15) is 4.39 Å². The van der Waals surface area contributed by atoms with Gasteiger partial charge in [0.1, 0.15) is 11.4 Å². The summed E-state index contributed by atoms with van der Waals surface area (Å²) in [7, 11) is -3.06. The van der Waals surface area contributed by atoms with Crippen LogP contribution in [-0.4, -0.2) is 47.1 Å². The Morgan fingerprint density at radius 2 is 1.91 bits per heavy atom. The van der Waals surface area contributed by atoms with Gasteiger partial charge in [-0.1, -0.05) is 26.8 Å². The van der Waals surface area contributed by atoms with Crippen LogP contribution in [0, 0.1) is 17.2 Å². The number of nitrogens with zero attached hydrogens (tertiary/aromatic N) is 3. The van der Waals surface area contributed by atoms with E-state index in [0.29, 0.717) is 3.97 Å². The molecule has 3 rings (SSSR count). The summed E-state index contributed by atoms with van der Waals surface area (Å²) in [5.74, 6) is -1.87. The van der Waals surface area contributed by atoms with E-state index in [1.807, 2.05) is 20.8 Å². The first-order chi connectivity index (χ1) is 15.8. The number of ether oxygens (including phenoxy) is 1. The molecule has 34 heavy (non-hydrogen) atoms. The number of rotatable bonds is 7. The number of carbonyl (C=O) groups is 1. The van der Waals surface area contributed by atoms with E-state index in [1.54, 1.807) is 6.07 Å². The Kier molecular flexibility index (Phi) is 6.97. The average Bonchev–Trinajstić information content (AvgIpc) is 3.09. The Labute approximate surface area is 196 Å². The van der Waals surface area contributed by atoms with Crippen LogP contribution in [0.3, 0.4) is 0 Å². The molecule has 2 heterocycles.